The number of rotatable bonds is 16. The lowest BCUT2D eigenvalue weighted by Gasteiger charge is -2.38. The van der Waals surface area contributed by atoms with Gasteiger partial charge in [0.15, 0.2) is 8.32 Å². The first-order valence-corrected chi connectivity index (χ1v) is 24.1. The fourth-order valence-electron chi connectivity index (χ4n) is 7.64. The molecule has 1 aliphatic carbocycles. The number of aryl methyl sites for hydroxylation is 1. The van der Waals surface area contributed by atoms with E-state index in [-0.39, 0.29) is 35.4 Å². The molecule has 13 heteroatoms. The van der Waals surface area contributed by atoms with E-state index >= 15 is 0 Å². The Morgan fingerprint density at radius 2 is 1.50 bits per heavy atom. The number of carbonyl (C=O) groups is 4. The molecule has 0 fully saturated rings. The summed E-state index contributed by atoms with van der Waals surface area (Å²) in [5, 5.41) is 2.75. The average Bonchev–Trinajstić information content (AvgIpc) is 3.81. The molecule has 5 N–H and O–H groups in total. The summed E-state index contributed by atoms with van der Waals surface area (Å²) in [6.07, 6.45) is 2.47. The predicted octanol–water partition coefficient (Wildman–Crippen LogP) is 8.23. The molecule has 0 aromatic heterocycles. The Bertz CT molecular complexity index is 2310. The van der Waals surface area contributed by atoms with Gasteiger partial charge in [-0.3, -0.25) is 14.4 Å². The van der Waals surface area contributed by atoms with Crippen LogP contribution in [0.25, 0.3) is 16.7 Å². The first-order chi connectivity index (χ1) is 29.3. The van der Waals surface area contributed by atoms with Crippen LogP contribution >= 0.6 is 0 Å². The van der Waals surface area contributed by atoms with Crippen molar-refractivity contribution in [1.82, 2.24) is 15.6 Å². The number of nitrogen functional groups attached to an aromatic ring is 1. The van der Waals surface area contributed by atoms with Gasteiger partial charge in [-0.2, -0.15) is 0 Å². The van der Waals surface area contributed by atoms with Crippen molar-refractivity contribution in [2.45, 2.75) is 97.1 Å². The molecule has 0 radical (unpaired) electrons. The lowest BCUT2D eigenvalue weighted by molar-refractivity contribution is -0.155. The normalized spacial score (nSPS) is 16.0. The van der Waals surface area contributed by atoms with Crippen LogP contribution in [0.1, 0.15) is 86.5 Å². The second-order valence-corrected chi connectivity index (χ2v) is 23.0. The zero-order chi connectivity index (χ0) is 45.1. The van der Waals surface area contributed by atoms with Crippen LogP contribution < -0.4 is 26.6 Å². The van der Waals surface area contributed by atoms with Gasteiger partial charge in [0.05, 0.1) is 25.3 Å². The molecule has 1 unspecified atom stereocenters. The molecule has 3 atom stereocenters. The lowest BCUT2D eigenvalue weighted by Crippen LogP contribution is -2.53. The number of anilines is 2. The number of methoxy groups -OCH3 is 1. The van der Waals surface area contributed by atoms with Crippen LogP contribution in [0.5, 0.6) is 5.75 Å². The third-order valence-corrected chi connectivity index (χ3v) is 17.0. The quantitative estimate of drug-likeness (QED) is 0.0284. The number of nitrogens with one attached hydrogen (secondary N) is 3. The second-order valence-electron chi connectivity index (χ2n) is 18.2. The molecule has 12 nitrogen and oxygen atoms in total. The second kappa shape index (κ2) is 18.7. The maximum Gasteiger partial charge on any atom is 0.376 e. The highest BCUT2D eigenvalue weighted by atomic mass is 28.4. The topological polar surface area (TPSA) is 161 Å². The molecule has 328 valence electrons. The van der Waals surface area contributed by atoms with E-state index in [1.807, 2.05) is 85.9 Å². The molecule has 6 rings (SSSR count). The number of nitrogens with two attached hydrogens (primary N) is 1. The van der Waals surface area contributed by atoms with E-state index in [0.717, 1.165) is 39.0 Å². The maximum absolute atomic E-state index is 14.2. The molecule has 0 spiro atoms. The Morgan fingerprint density at radius 1 is 0.887 bits per heavy atom. The van der Waals surface area contributed by atoms with Crippen LogP contribution in [0.15, 0.2) is 91.1 Å². The third-order valence-electron chi connectivity index (χ3n) is 12.5. The van der Waals surface area contributed by atoms with Gasteiger partial charge in [-0.25, -0.2) is 10.2 Å². The van der Waals surface area contributed by atoms with E-state index < -0.39 is 38.1 Å². The molecule has 1 aliphatic heterocycles. The van der Waals surface area contributed by atoms with Gasteiger partial charge in [0.2, 0.25) is 5.91 Å². The van der Waals surface area contributed by atoms with Crippen molar-refractivity contribution in [3.8, 4) is 16.9 Å². The van der Waals surface area contributed by atoms with Crippen LogP contribution in [0.3, 0.4) is 0 Å². The lowest BCUT2D eigenvalue weighted by atomic mass is 9.97. The number of Topliss-reactive ketones (excluding diaryl/α,β-unsaturated/α-hetero) is 1. The molecule has 2 aliphatic rings. The molecule has 4 aromatic rings. The van der Waals surface area contributed by atoms with E-state index in [2.05, 4.69) is 50.0 Å². The van der Waals surface area contributed by atoms with E-state index in [4.69, 9.17) is 19.6 Å². The van der Waals surface area contributed by atoms with Gasteiger partial charge in [-0.05, 0) is 108 Å². The molecule has 4 aromatic carbocycles. The van der Waals surface area contributed by atoms with Crippen LogP contribution in [-0.2, 0) is 23.5 Å². The number of nitrogens with zero attached hydrogens (tertiary/aromatic N) is 1. The summed E-state index contributed by atoms with van der Waals surface area (Å²) in [4.78, 5) is 55.8. The number of fused-ring (bicyclic) bond motifs is 3. The molecule has 0 bridgehead atoms. The number of benzene rings is 4. The Morgan fingerprint density at radius 3 is 2.08 bits per heavy atom. The van der Waals surface area contributed by atoms with E-state index in [1.54, 1.807) is 44.9 Å². The molecule has 62 heavy (non-hydrogen) atoms. The molecule has 2 amide bonds. The molecule has 0 saturated heterocycles. The Kier molecular flexibility index (Phi) is 13.8. The number of hydrazine groups is 1. The molecule has 1 heterocycles. The van der Waals surface area contributed by atoms with Gasteiger partial charge in [0.25, 0.3) is 11.7 Å². The zero-order valence-corrected chi connectivity index (χ0v) is 38.6. The maximum atomic E-state index is 14.2. The Hall–Kier alpha value is -5.76. The number of amides is 2. The van der Waals surface area contributed by atoms with Crippen molar-refractivity contribution in [1.29, 1.82) is 0 Å². The smallest absolute Gasteiger partial charge is 0.376 e. The Labute approximate surface area is 366 Å². The van der Waals surface area contributed by atoms with Crippen molar-refractivity contribution >= 4 is 48.8 Å². The number of carbonyl (C=O) groups excluding carboxylic acids is 4. The minimum atomic E-state index is -2.13. The van der Waals surface area contributed by atoms with Crippen LogP contribution in [0.4, 0.5) is 11.4 Å². The van der Waals surface area contributed by atoms with Crippen LogP contribution in [0, 0.1) is 12.8 Å². The van der Waals surface area contributed by atoms with Crippen molar-refractivity contribution in [2.75, 3.05) is 31.5 Å². The Balaban J connectivity index is 1.07. The SMILES string of the molecule is COc1cc(C(=O)N2C=C(c3ccc(NN[C@@H](C)C(=O)NC(C(=O)C(=O)OCC4c5ccccc5-c5ccccc54)C(C)C)cc3)C[C@H]2CO[Si](C)(C)C(C)(C)C)c(N)cc1C. The fourth-order valence-corrected chi connectivity index (χ4v) is 8.69. The standard InChI is InChI=1S/C49H61N5O7Si/c1-29(2)44(45(55)48(58)60-28-41-38-17-13-11-15-36(38)37-16-12-14-18-39(37)41)51-46(56)31(4)52-53-34-21-19-32(20-22-34)33-24-35(27-61-62(9,10)49(5,6)7)54(26-33)47(57)40-25-43(59-8)30(3)23-42(40)50/h11-23,25-26,29,31,35,41,44,52-53H,24,27-28,50H2,1-10H3,(H,51,56)/t31-,35-,44?/m0/s1. The number of hydrogen-bond donors (Lipinski definition) is 4. The first kappa shape index (κ1) is 45.8. The predicted molar refractivity (Wildman–Crippen MR) is 247 cm³/mol. The third kappa shape index (κ3) is 9.80. The number of esters is 1. The van der Waals surface area contributed by atoms with Gasteiger partial charge >= 0.3 is 5.97 Å². The summed E-state index contributed by atoms with van der Waals surface area (Å²) < 4.78 is 17.8. The number of hydrogen-bond acceptors (Lipinski definition) is 10. The summed E-state index contributed by atoms with van der Waals surface area (Å²) in [5.41, 5.74) is 20.9. The van der Waals surface area contributed by atoms with E-state index in [9.17, 15) is 19.2 Å². The molecular formula is C49H61N5O7Si. The number of ether oxygens (including phenoxy) is 2. The first-order valence-electron chi connectivity index (χ1n) is 21.2. The highest BCUT2D eigenvalue weighted by Gasteiger charge is 2.40. The fraction of sp³-hybridized carbons (Fsp3) is 0.388. The summed E-state index contributed by atoms with van der Waals surface area (Å²) in [6.45, 7) is 18.4. The summed E-state index contributed by atoms with van der Waals surface area (Å²) >= 11 is 0. The van der Waals surface area contributed by atoms with Gasteiger partial charge in [-0.15, -0.1) is 0 Å². The zero-order valence-electron chi connectivity index (χ0n) is 37.6. The number of ketones is 1. The van der Waals surface area contributed by atoms with Crippen molar-refractivity contribution in [3.63, 3.8) is 0 Å². The van der Waals surface area contributed by atoms with Gasteiger partial charge in [0, 0.05) is 23.5 Å². The van der Waals surface area contributed by atoms with Crippen molar-refractivity contribution in [3.05, 3.63) is 119 Å². The minimum absolute atomic E-state index is 0.000663. The van der Waals surface area contributed by atoms with Crippen LogP contribution in [0.2, 0.25) is 18.1 Å². The molecule has 0 saturated carbocycles. The highest BCUT2D eigenvalue weighted by Crippen LogP contribution is 2.45. The highest BCUT2D eigenvalue weighted by molar-refractivity contribution is 6.74. The monoisotopic (exact) mass is 859 g/mol. The minimum Gasteiger partial charge on any atom is -0.496 e. The summed E-state index contributed by atoms with van der Waals surface area (Å²) in [6, 6.07) is 25.0. The largest absolute Gasteiger partial charge is 0.496 e. The average molecular weight is 860 g/mol. The van der Waals surface area contributed by atoms with Crippen molar-refractivity contribution in [2.24, 2.45) is 5.92 Å². The summed E-state index contributed by atoms with van der Waals surface area (Å²) in [7, 11) is -0.553. The van der Waals surface area contributed by atoms with E-state index in [1.165, 1.54) is 0 Å². The van der Waals surface area contributed by atoms with Gasteiger partial charge in [-0.1, -0.05) is 95.3 Å². The van der Waals surface area contributed by atoms with E-state index in [0.29, 0.717) is 35.7 Å². The van der Waals surface area contributed by atoms with Crippen molar-refractivity contribution < 1.29 is 33.1 Å². The van der Waals surface area contributed by atoms with Gasteiger partial charge in [0.1, 0.15) is 24.4 Å². The summed E-state index contributed by atoms with van der Waals surface area (Å²) in [5.74, 6) is -2.46. The molecular weight excluding hydrogens is 799 g/mol. The van der Waals surface area contributed by atoms with Gasteiger partial charge < -0.3 is 35.3 Å². The van der Waals surface area contributed by atoms with Crippen LogP contribution in [-0.4, -0.2) is 75.2 Å².